The molecule has 4 aromatic rings. The Morgan fingerprint density at radius 2 is 1.40 bits per heavy atom. The Balaban J connectivity index is 1.50. The fourth-order valence-electron chi connectivity index (χ4n) is 4.57. The maximum Gasteiger partial charge on any atom is 0.323 e. The summed E-state index contributed by atoms with van der Waals surface area (Å²) in [5.41, 5.74) is 3.86. The molecule has 5 rings (SSSR count). The second-order valence-corrected chi connectivity index (χ2v) is 11.5. The molecule has 0 aliphatic carbocycles. The molecule has 216 valence electrons. The van der Waals surface area contributed by atoms with Crippen LogP contribution in [-0.2, 0) is 29.3 Å². The van der Waals surface area contributed by atoms with Gasteiger partial charge in [-0.25, -0.2) is 0 Å². The van der Waals surface area contributed by atoms with Gasteiger partial charge in [-0.05, 0) is 40.5 Å². The van der Waals surface area contributed by atoms with Crippen LogP contribution in [0.15, 0.2) is 114 Å². The molecule has 2 amide bonds. The van der Waals surface area contributed by atoms with Crippen molar-refractivity contribution < 1.29 is 24.2 Å². The van der Waals surface area contributed by atoms with Crippen LogP contribution < -0.4 is 4.74 Å². The summed E-state index contributed by atoms with van der Waals surface area (Å²) in [5.74, 6) is -1.45. The number of amides is 2. The van der Waals surface area contributed by atoms with Crippen molar-refractivity contribution in [1.29, 1.82) is 0 Å². The SMILES string of the molecule is O=C(O)CN1C(=O)C(=Cc2ccc(OCc3ccccc3)c(C(=O)N(Cc3ccccc3)Cc3ccccc3)c2)SC1=S. The Morgan fingerprint density at radius 3 is 1.95 bits per heavy atom. The van der Waals surface area contributed by atoms with E-state index in [0.717, 1.165) is 33.4 Å². The fraction of sp³-hybridized carbons (Fsp3) is 0.118. The van der Waals surface area contributed by atoms with E-state index in [-0.39, 0.29) is 21.7 Å². The number of carboxylic acids is 1. The Kier molecular flexibility index (Phi) is 9.66. The van der Waals surface area contributed by atoms with Crippen molar-refractivity contribution in [2.75, 3.05) is 6.54 Å². The van der Waals surface area contributed by atoms with Gasteiger partial charge in [0, 0.05) is 13.1 Å². The number of aliphatic carboxylic acids is 1. The van der Waals surface area contributed by atoms with E-state index < -0.39 is 18.4 Å². The van der Waals surface area contributed by atoms with E-state index in [1.807, 2.05) is 91.0 Å². The highest BCUT2D eigenvalue weighted by Gasteiger charge is 2.33. The van der Waals surface area contributed by atoms with Crippen LogP contribution in [0.3, 0.4) is 0 Å². The lowest BCUT2D eigenvalue weighted by Crippen LogP contribution is -2.33. The molecule has 1 saturated heterocycles. The Hall–Kier alpha value is -4.73. The zero-order chi connectivity index (χ0) is 30.2. The Labute approximate surface area is 259 Å². The molecule has 4 aromatic carbocycles. The van der Waals surface area contributed by atoms with Gasteiger partial charge in [-0.1, -0.05) is 121 Å². The van der Waals surface area contributed by atoms with E-state index in [0.29, 0.717) is 30.0 Å². The zero-order valence-corrected chi connectivity index (χ0v) is 24.7. The molecule has 1 N–H and O–H groups in total. The average molecular weight is 609 g/mol. The lowest BCUT2D eigenvalue weighted by molar-refractivity contribution is -0.140. The van der Waals surface area contributed by atoms with E-state index in [2.05, 4.69) is 0 Å². The largest absolute Gasteiger partial charge is 0.488 e. The van der Waals surface area contributed by atoms with Gasteiger partial charge in [0.1, 0.15) is 23.2 Å². The smallest absolute Gasteiger partial charge is 0.323 e. The lowest BCUT2D eigenvalue weighted by Gasteiger charge is -2.25. The summed E-state index contributed by atoms with van der Waals surface area (Å²) in [6.07, 6.45) is 1.62. The van der Waals surface area contributed by atoms with Gasteiger partial charge in [-0.15, -0.1) is 0 Å². The minimum atomic E-state index is -1.15. The molecule has 0 aromatic heterocycles. The number of thiocarbonyl (C=S) groups is 1. The first-order valence-corrected chi connectivity index (χ1v) is 14.7. The molecular weight excluding hydrogens is 581 g/mol. The van der Waals surface area contributed by atoms with Gasteiger partial charge in [0.05, 0.1) is 10.5 Å². The molecule has 7 nitrogen and oxygen atoms in total. The molecular formula is C34H28N2O5S2. The van der Waals surface area contributed by atoms with Crippen LogP contribution in [0.2, 0.25) is 0 Å². The van der Waals surface area contributed by atoms with E-state index in [9.17, 15) is 19.5 Å². The second kappa shape index (κ2) is 14.0. The predicted octanol–water partition coefficient (Wildman–Crippen LogP) is 6.39. The summed E-state index contributed by atoms with van der Waals surface area (Å²) in [6, 6.07) is 34.4. The maximum absolute atomic E-state index is 14.3. The van der Waals surface area contributed by atoms with Crippen molar-refractivity contribution in [3.63, 3.8) is 0 Å². The summed E-state index contributed by atoms with van der Waals surface area (Å²) in [5, 5.41) is 9.17. The van der Waals surface area contributed by atoms with Crippen LogP contribution in [0.1, 0.15) is 32.6 Å². The number of nitrogens with zero attached hydrogens (tertiary/aromatic N) is 2. The lowest BCUT2D eigenvalue weighted by atomic mass is 10.1. The number of carbonyl (C=O) groups excluding carboxylic acids is 2. The molecule has 1 fully saturated rings. The molecule has 0 spiro atoms. The molecule has 0 unspecified atom stereocenters. The van der Waals surface area contributed by atoms with Crippen molar-refractivity contribution in [2.45, 2.75) is 19.7 Å². The summed E-state index contributed by atoms with van der Waals surface area (Å²) in [7, 11) is 0. The Morgan fingerprint density at radius 1 is 0.837 bits per heavy atom. The molecule has 0 atom stereocenters. The quantitative estimate of drug-likeness (QED) is 0.156. The van der Waals surface area contributed by atoms with Gasteiger partial charge in [0.15, 0.2) is 0 Å². The first kappa shape index (κ1) is 29.8. The van der Waals surface area contributed by atoms with E-state index >= 15 is 0 Å². The van der Waals surface area contributed by atoms with Crippen LogP contribution in [0.5, 0.6) is 5.75 Å². The van der Waals surface area contributed by atoms with Crippen LogP contribution in [0.25, 0.3) is 6.08 Å². The van der Waals surface area contributed by atoms with Gasteiger partial charge in [-0.3, -0.25) is 19.3 Å². The van der Waals surface area contributed by atoms with Crippen LogP contribution >= 0.6 is 24.0 Å². The monoisotopic (exact) mass is 608 g/mol. The number of thioether (sulfide) groups is 1. The number of hydrogen-bond donors (Lipinski definition) is 1. The summed E-state index contributed by atoms with van der Waals surface area (Å²) in [4.78, 5) is 41.6. The summed E-state index contributed by atoms with van der Waals surface area (Å²) < 4.78 is 6.36. The van der Waals surface area contributed by atoms with Crippen molar-refractivity contribution in [1.82, 2.24) is 9.80 Å². The highest BCUT2D eigenvalue weighted by atomic mass is 32.2. The normalized spacial score (nSPS) is 13.8. The third-order valence-electron chi connectivity index (χ3n) is 6.66. The van der Waals surface area contributed by atoms with E-state index in [1.165, 1.54) is 0 Å². The van der Waals surface area contributed by atoms with Gasteiger partial charge in [0.25, 0.3) is 11.8 Å². The van der Waals surface area contributed by atoms with Gasteiger partial charge in [0.2, 0.25) is 0 Å². The molecule has 1 aliphatic heterocycles. The van der Waals surface area contributed by atoms with Crippen molar-refractivity contribution in [3.05, 3.63) is 142 Å². The van der Waals surface area contributed by atoms with Gasteiger partial charge in [-0.2, -0.15) is 0 Å². The minimum Gasteiger partial charge on any atom is -0.488 e. The second-order valence-electron chi connectivity index (χ2n) is 9.82. The molecule has 1 heterocycles. The third-order valence-corrected chi connectivity index (χ3v) is 8.03. The highest BCUT2D eigenvalue weighted by Crippen LogP contribution is 2.33. The average Bonchev–Trinajstić information content (AvgIpc) is 3.28. The standard InChI is InChI=1S/C34H28N2O5S2/c37-31(38)22-36-33(40)30(43-34(36)42)19-27-16-17-29(41-23-26-14-8-3-9-15-26)28(18-27)32(39)35(20-24-10-4-1-5-11-24)21-25-12-6-2-7-13-25/h1-19H,20-23H2,(H,37,38). The molecule has 0 bridgehead atoms. The van der Waals surface area contributed by atoms with Crippen LogP contribution in [0.4, 0.5) is 0 Å². The number of carboxylic acid groups (broad SMARTS) is 1. The molecule has 43 heavy (non-hydrogen) atoms. The minimum absolute atomic E-state index is 0.176. The molecule has 9 heteroatoms. The van der Waals surface area contributed by atoms with Crippen LogP contribution in [0, 0.1) is 0 Å². The van der Waals surface area contributed by atoms with E-state index in [1.54, 1.807) is 29.2 Å². The first-order chi connectivity index (χ1) is 20.9. The third kappa shape index (κ3) is 7.77. The van der Waals surface area contributed by atoms with Crippen molar-refractivity contribution >= 4 is 52.2 Å². The van der Waals surface area contributed by atoms with Crippen molar-refractivity contribution in [2.24, 2.45) is 0 Å². The number of rotatable bonds is 11. The summed E-state index contributed by atoms with van der Waals surface area (Å²) >= 11 is 6.27. The number of carbonyl (C=O) groups is 3. The van der Waals surface area contributed by atoms with Gasteiger partial charge >= 0.3 is 5.97 Å². The Bertz CT molecular complexity index is 1620. The number of benzene rings is 4. The van der Waals surface area contributed by atoms with Gasteiger partial charge < -0.3 is 14.7 Å². The number of ether oxygens (including phenoxy) is 1. The molecule has 1 aliphatic rings. The molecule has 0 saturated carbocycles. The number of hydrogen-bond acceptors (Lipinski definition) is 6. The van der Waals surface area contributed by atoms with E-state index in [4.69, 9.17) is 17.0 Å². The molecule has 0 radical (unpaired) electrons. The van der Waals surface area contributed by atoms with Crippen molar-refractivity contribution in [3.8, 4) is 5.75 Å². The maximum atomic E-state index is 14.3. The predicted molar refractivity (Wildman–Crippen MR) is 171 cm³/mol. The topological polar surface area (TPSA) is 87.1 Å². The first-order valence-electron chi connectivity index (χ1n) is 13.5. The zero-order valence-electron chi connectivity index (χ0n) is 23.1. The summed E-state index contributed by atoms with van der Waals surface area (Å²) in [6.45, 7) is 0.521. The van der Waals surface area contributed by atoms with Crippen LogP contribution in [-0.4, -0.2) is 43.6 Å². The highest BCUT2D eigenvalue weighted by molar-refractivity contribution is 8.26. The fourth-order valence-corrected chi connectivity index (χ4v) is 5.82.